The summed E-state index contributed by atoms with van der Waals surface area (Å²) in [6.45, 7) is 4.88. The minimum Gasteiger partial charge on any atom is -0.453 e. The Kier molecular flexibility index (Phi) is 4.17. The Bertz CT molecular complexity index is 941. The van der Waals surface area contributed by atoms with Gasteiger partial charge in [0.1, 0.15) is 17.6 Å². The van der Waals surface area contributed by atoms with E-state index in [1.54, 1.807) is 18.3 Å². The van der Waals surface area contributed by atoms with Gasteiger partial charge in [0.2, 0.25) is 0 Å². The molecule has 6 heteroatoms. The first-order chi connectivity index (χ1) is 11.5. The summed E-state index contributed by atoms with van der Waals surface area (Å²) in [5, 5.41) is 14.5. The molecular formula is C18H15F2N3O. The van der Waals surface area contributed by atoms with E-state index >= 15 is 0 Å². The van der Waals surface area contributed by atoms with E-state index in [0.29, 0.717) is 5.92 Å². The van der Waals surface area contributed by atoms with Gasteiger partial charge in [0.05, 0.1) is 17.3 Å². The standard InChI is InChI=1S/C18H15F2N3O/c1-11(2)10-23-16-5-12(8-21)18(6-13(16)9-22-23)24-17-4-3-14(19)7-15(17)20/h3-7,9,11H,10H2,1-2H3. The Morgan fingerprint density at radius 1 is 1.21 bits per heavy atom. The predicted octanol–water partition coefficient (Wildman–Crippen LogP) is 4.63. The molecule has 0 unspecified atom stereocenters. The molecule has 0 saturated heterocycles. The fraction of sp³-hybridized carbons (Fsp3) is 0.222. The smallest absolute Gasteiger partial charge is 0.168 e. The lowest BCUT2D eigenvalue weighted by Crippen LogP contribution is -2.05. The zero-order valence-electron chi connectivity index (χ0n) is 13.3. The van der Waals surface area contributed by atoms with Crippen LogP contribution in [0.25, 0.3) is 10.9 Å². The van der Waals surface area contributed by atoms with Crippen LogP contribution < -0.4 is 4.74 Å². The molecule has 0 aliphatic rings. The SMILES string of the molecule is CC(C)Cn1ncc2cc(Oc3ccc(F)cc3F)c(C#N)cc21. The summed E-state index contributed by atoms with van der Waals surface area (Å²) >= 11 is 0. The molecule has 0 N–H and O–H groups in total. The van der Waals surface area contributed by atoms with Crippen molar-refractivity contribution >= 4 is 10.9 Å². The van der Waals surface area contributed by atoms with Gasteiger partial charge < -0.3 is 4.74 Å². The van der Waals surface area contributed by atoms with Gasteiger partial charge in [-0.25, -0.2) is 8.78 Å². The molecular weight excluding hydrogens is 312 g/mol. The van der Waals surface area contributed by atoms with E-state index < -0.39 is 11.6 Å². The van der Waals surface area contributed by atoms with Gasteiger partial charge in [0.25, 0.3) is 0 Å². The Hall–Kier alpha value is -2.94. The first-order valence-electron chi connectivity index (χ1n) is 7.50. The number of rotatable bonds is 4. The maximum atomic E-state index is 13.8. The summed E-state index contributed by atoms with van der Waals surface area (Å²) in [4.78, 5) is 0. The monoisotopic (exact) mass is 327 g/mol. The molecule has 4 nitrogen and oxygen atoms in total. The second-order valence-electron chi connectivity index (χ2n) is 5.92. The third kappa shape index (κ3) is 3.06. The number of aromatic nitrogens is 2. The normalized spacial score (nSPS) is 11.0. The average Bonchev–Trinajstić information content (AvgIpc) is 2.90. The van der Waals surface area contributed by atoms with Crippen LogP contribution in [0.5, 0.6) is 11.5 Å². The van der Waals surface area contributed by atoms with Crippen LogP contribution in [0.3, 0.4) is 0 Å². The van der Waals surface area contributed by atoms with Crippen molar-refractivity contribution in [2.75, 3.05) is 0 Å². The minimum atomic E-state index is -0.825. The highest BCUT2D eigenvalue weighted by Crippen LogP contribution is 2.31. The first kappa shape index (κ1) is 15.9. The number of ether oxygens (including phenoxy) is 1. The Morgan fingerprint density at radius 3 is 2.67 bits per heavy atom. The van der Waals surface area contributed by atoms with Gasteiger partial charge in [0.15, 0.2) is 11.6 Å². The third-order valence-corrected chi connectivity index (χ3v) is 3.52. The second kappa shape index (κ2) is 6.28. The van der Waals surface area contributed by atoms with E-state index in [1.807, 2.05) is 10.8 Å². The maximum Gasteiger partial charge on any atom is 0.168 e. The molecule has 24 heavy (non-hydrogen) atoms. The highest BCUT2D eigenvalue weighted by atomic mass is 19.1. The largest absolute Gasteiger partial charge is 0.453 e. The van der Waals surface area contributed by atoms with Crippen LogP contribution in [0, 0.1) is 28.9 Å². The van der Waals surface area contributed by atoms with Gasteiger partial charge in [-0.05, 0) is 30.2 Å². The third-order valence-electron chi connectivity index (χ3n) is 3.52. The number of hydrogen-bond donors (Lipinski definition) is 0. The predicted molar refractivity (Wildman–Crippen MR) is 85.7 cm³/mol. The summed E-state index contributed by atoms with van der Waals surface area (Å²) in [7, 11) is 0. The lowest BCUT2D eigenvalue weighted by atomic mass is 10.1. The molecule has 0 amide bonds. The topological polar surface area (TPSA) is 50.8 Å². The number of nitrogens with zero attached hydrogens (tertiary/aromatic N) is 3. The summed E-state index contributed by atoms with van der Waals surface area (Å²) in [5.74, 6) is -1.04. The van der Waals surface area contributed by atoms with Gasteiger partial charge in [-0.15, -0.1) is 0 Å². The van der Waals surface area contributed by atoms with Crippen molar-refractivity contribution < 1.29 is 13.5 Å². The fourth-order valence-corrected chi connectivity index (χ4v) is 2.44. The van der Waals surface area contributed by atoms with Gasteiger partial charge in [0, 0.05) is 18.0 Å². The maximum absolute atomic E-state index is 13.8. The van der Waals surface area contributed by atoms with E-state index in [0.717, 1.165) is 29.6 Å². The van der Waals surface area contributed by atoms with Crippen molar-refractivity contribution in [1.82, 2.24) is 9.78 Å². The van der Waals surface area contributed by atoms with E-state index in [2.05, 4.69) is 18.9 Å². The van der Waals surface area contributed by atoms with Gasteiger partial charge in [-0.2, -0.15) is 10.4 Å². The molecule has 3 aromatic rings. The van der Waals surface area contributed by atoms with Crippen molar-refractivity contribution in [3.8, 4) is 17.6 Å². The van der Waals surface area contributed by atoms with E-state index in [9.17, 15) is 14.0 Å². The molecule has 122 valence electrons. The van der Waals surface area contributed by atoms with Crippen molar-refractivity contribution in [2.45, 2.75) is 20.4 Å². The quantitative estimate of drug-likeness (QED) is 0.702. The number of benzene rings is 2. The highest BCUT2D eigenvalue weighted by molar-refractivity contribution is 5.82. The van der Waals surface area contributed by atoms with Gasteiger partial charge in [-0.3, -0.25) is 4.68 Å². The minimum absolute atomic E-state index is 0.137. The molecule has 0 aliphatic heterocycles. The summed E-state index contributed by atoms with van der Waals surface area (Å²) in [5.41, 5.74) is 1.07. The van der Waals surface area contributed by atoms with Crippen LogP contribution in [0.2, 0.25) is 0 Å². The number of nitriles is 1. The molecule has 0 bridgehead atoms. The zero-order chi connectivity index (χ0) is 17.3. The van der Waals surface area contributed by atoms with E-state index in [-0.39, 0.29) is 17.1 Å². The molecule has 0 radical (unpaired) electrons. The van der Waals surface area contributed by atoms with Crippen molar-refractivity contribution in [3.05, 3.63) is 53.7 Å². The summed E-state index contributed by atoms with van der Waals surface area (Å²) in [6, 6.07) is 8.38. The van der Waals surface area contributed by atoms with Crippen molar-refractivity contribution in [2.24, 2.45) is 5.92 Å². The molecule has 0 spiro atoms. The van der Waals surface area contributed by atoms with E-state index in [1.165, 1.54) is 6.07 Å². The first-order valence-corrected chi connectivity index (χ1v) is 7.50. The van der Waals surface area contributed by atoms with Crippen molar-refractivity contribution in [1.29, 1.82) is 5.26 Å². The lowest BCUT2D eigenvalue weighted by molar-refractivity contribution is 0.437. The Labute approximate surface area is 137 Å². The van der Waals surface area contributed by atoms with E-state index in [4.69, 9.17) is 4.74 Å². The second-order valence-corrected chi connectivity index (χ2v) is 5.92. The molecule has 2 aromatic carbocycles. The van der Waals surface area contributed by atoms with Crippen LogP contribution in [0.15, 0.2) is 36.5 Å². The Balaban J connectivity index is 2.03. The highest BCUT2D eigenvalue weighted by Gasteiger charge is 2.14. The summed E-state index contributed by atoms with van der Waals surface area (Å²) in [6.07, 6.45) is 1.67. The lowest BCUT2D eigenvalue weighted by Gasteiger charge is -2.10. The molecule has 0 atom stereocenters. The number of halogens is 2. The molecule has 0 fully saturated rings. The van der Waals surface area contributed by atoms with Crippen LogP contribution in [-0.4, -0.2) is 9.78 Å². The van der Waals surface area contributed by atoms with Crippen LogP contribution >= 0.6 is 0 Å². The molecule has 1 aromatic heterocycles. The number of fused-ring (bicyclic) bond motifs is 1. The number of hydrogen-bond acceptors (Lipinski definition) is 3. The molecule has 0 saturated carbocycles. The van der Waals surface area contributed by atoms with Gasteiger partial charge in [-0.1, -0.05) is 13.8 Å². The Morgan fingerprint density at radius 2 is 2.00 bits per heavy atom. The van der Waals surface area contributed by atoms with Crippen LogP contribution in [0.4, 0.5) is 8.78 Å². The zero-order valence-corrected chi connectivity index (χ0v) is 13.3. The molecule has 3 rings (SSSR count). The van der Waals surface area contributed by atoms with Crippen LogP contribution in [0.1, 0.15) is 19.4 Å². The summed E-state index contributed by atoms with van der Waals surface area (Å²) < 4.78 is 34.1. The molecule has 1 heterocycles. The van der Waals surface area contributed by atoms with Crippen LogP contribution in [-0.2, 0) is 6.54 Å². The van der Waals surface area contributed by atoms with Gasteiger partial charge >= 0.3 is 0 Å². The molecule has 0 aliphatic carbocycles. The fourth-order valence-electron chi connectivity index (χ4n) is 2.44. The average molecular weight is 327 g/mol. The van der Waals surface area contributed by atoms with Crippen molar-refractivity contribution in [3.63, 3.8) is 0 Å².